The number of thiazole rings is 1. The molecule has 2 N–H and O–H groups in total. The number of aryl methyl sites for hydroxylation is 1. The van der Waals surface area contributed by atoms with Crippen LogP contribution in [0.2, 0.25) is 0 Å². The van der Waals surface area contributed by atoms with Gasteiger partial charge >= 0.3 is 5.97 Å². The highest BCUT2D eigenvalue weighted by Crippen LogP contribution is 2.21. The first kappa shape index (κ1) is 18.1. The van der Waals surface area contributed by atoms with E-state index in [0.29, 0.717) is 0 Å². The Hall–Kier alpha value is -2.66. The third kappa shape index (κ3) is 4.92. The number of carbonyl (C=O) groups is 1. The van der Waals surface area contributed by atoms with Gasteiger partial charge in [0.2, 0.25) is 5.52 Å². The molecule has 134 valence electrons. The SMILES string of the molecule is O=C(O)CCCCC[n+]1c(/C=C/Nc2ccccc2)sc2ccccc21. The van der Waals surface area contributed by atoms with Gasteiger partial charge in [-0.05, 0) is 31.0 Å². The summed E-state index contributed by atoms with van der Waals surface area (Å²) in [4.78, 5) is 10.6. The zero-order chi connectivity index (χ0) is 18.2. The normalized spacial score (nSPS) is 11.2. The van der Waals surface area contributed by atoms with Crippen LogP contribution in [0.25, 0.3) is 16.3 Å². The number of para-hydroxylation sites is 2. The smallest absolute Gasteiger partial charge is 0.303 e. The van der Waals surface area contributed by atoms with Crippen molar-refractivity contribution in [2.45, 2.75) is 32.2 Å². The molecule has 5 heteroatoms. The van der Waals surface area contributed by atoms with E-state index in [0.717, 1.165) is 31.5 Å². The van der Waals surface area contributed by atoms with Crippen LogP contribution < -0.4 is 9.88 Å². The summed E-state index contributed by atoms with van der Waals surface area (Å²) in [5.41, 5.74) is 2.29. The van der Waals surface area contributed by atoms with Crippen molar-refractivity contribution in [3.8, 4) is 0 Å². The van der Waals surface area contributed by atoms with E-state index in [1.165, 1.54) is 15.2 Å². The molecule has 26 heavy (non-hydrogen) atoms. The number of fused-ring (bicyclic) bond motifs is 1. The Morgan fingerprint density at radius 1 is 1.04 bits per heavy atom. The Morgan fingerprint density at radius 2 is 1.81 bits per heavy atom. The molecule has 0 saturated heterocycles. The predicted octanol–water partition coefficient (Wildman–Crippen LogP) is 4.92. The van der Waals surface area contributed by atoms with Gasteiger partial charge in [-0.15, -0.1) is 0 Å². The molecule has 0 atom stereocenters. The van der Waals surface area contributed by atoms with E-state index < -0.39 is 5.97 Å². The minimum Gasteiger partial charge on any atom is -0.481 e. The summed E-state index contributed by atoms with van der Waals surface area (Å²) in [5, 5.41) is 13.2. The molecule has 0 spiro atoms. The van der Waals surface area contributed by atoms with Gasteiger partial charge in [-0.25, -0.2) is 0 Å². The first-order chi connectivity index (χ1) is 12.7. The van der Waals surface area contributed by atoms with Crippen LogP contribution in [0.4, 0.5) is 5.69 Å². The van der Waals surface area contributed by atoms with Crippen molar-refractivity contribution < 1.29 is 14.5 Å². The van der Waals surface area contributed by atoms with Crippen LogP contribution >= 0.6 is 11.3 Å². The molecular formula is C21H23N2O2S+. The maximum absolute atomic E-state index is 10.6. The fraction of sp³-hybridized carbons (Fsp3) is 0.238. The van der Waals surface area contributed by atoms with Crippen LogP contribution in [0, 0.1) is 0 Å². The molecule has 3 aromatic rings. The van der Waals surface area contributed by atoms with Crippen molar-refractivity contribution in [3.05, 3.63) is 65.8 Å². The summed E-state index contributed by atoms with van der Waals surface area (Å²) in [6.07, 6.45) is 6.97. The number of aromatic nitrogens is 1. The number of nitrogens with one attached hydrogen (secondary N) is 1. The lowest BCUT2D eigenvalue weighted by atomic mass is 10.2. The molecule has 1 heterocycles. The fourth-order valence-electron chi connectivity index (χ4n) is 2.87. The lowest BCUT2D eigenvalue weighted by molar-refractivity contribution is -0.669. The highest BCUT2D eigenvalue weighted by atomic mass is 32.1. The average Bonchev–Trinajstić information content (AvgIpc) is 3.00. The largest absolute Gasteiger partial charge is 0.481 e. The molecule has 0 aliphatic carbocycles. The summed E-state index contributed by atoms with van der Waals surface area (Å²) in [6.45, 7) is 0.897. The minimum atomic E-state index is -0.714. The summed E-state index contributed by atoms with van der Waals surface area (Å²) in [7, 11) is 0. The Kier molecular flexibility index (Phi) is 6.39. The standard InChI is InChI=1S/C21H22N2O2S/c24-21(25)13-5-2-8-16-23-18-11-6-7-12-19(18)26-20(23)14-15-22-17-9-3-1-4-10-17/h1,3-4,6-7,9-12,14-15H,2,5,8,13,16H2,(H,24,25)/p+1. The van der Waals surface area contributed by atoms with Crippen molar-refractivity contribution in [2.75, 3.05) is 5.32 Å². The lowest BCUT2D eigenvalue weighted by Gasteiger charge is -1.99. The summed E-state index contributed by atoms with van der Waals surface area (Å²) in [6, 6.07) is 18.5. The van der Waals surface area contributed by atoms with Crippen molar-refractivity contribution in [1.82, 2.24) is 0 Å². The maximum atomic E-state index is 10.6. The number of carboxylic acids is 1. The van der Waals surface area contributed by atoms with Crippen molar-refractivity contribution in [3.63, 3.8) is 0 Å². The van der Waals surface area contributed by atoms with E-state index in [1.54, 1.807) is 11.3 Å². The van der Waals surface area contributed by atoms with Crippen LogP contribution in [0.15, 0.2) is 60.8 Å². The molecule has 0 aliphatic rings. The summed E-state index contributed by atoms with van der Waals surface area (Å²) >= 11 is 1.77. The Balaban J connectivity index is 1.70. The van der Waals surface area contributed by atoms with Gasteiger partial charge in [-0.3, -0.25) is 4.79 Å². The first-order valence-corrected chi connectivity index (χ1v) is 9.67. The third-order valence-electron chi connectivity index (χ3n) is 4.16. The van der Waals surface area contributed by atoms with Crippen LogP contribution in [-0.4, -0.2) is 11.1 Å². The number of unbranched alkanes of at least 4 members (excludes halogenated alkanes) is 2. The third-order valence-corrected chi connectivity index (χ3v) is 5.29. The van der Waals surface area contributed by atoms with Crippen molar-refractivity contribution >= 4 is 39.3 Å². The van der Waals surface area contributed by atoms with Gasteiger partial charge in [0.1, 0.15) is 4.70 Å². The average molecular weight is 367 g/mol. The molecule has 4 nitrogen and oxygen atoms in total. The number of aliphatic carboxylic acids is 1. The number of benzene rings is 2. The minimum absolute atomic E-state index is 0.253. The van der Waals surface area contributed by atoms with Gasteiger partial charge in [0.15, 0.2) is 6.54 Å². The van der Waals surface area contributed by atoms with Crippen molar-refractivity contribution in [2.24, 2.45) is 0 Å². The van der Waals surface area contributed by atoms with Crippen molar-refractivity contribution in [1.29, 1.82) is 0 Å². The molecule has 0 saturated carbocycles. The molecule has 0 fully saturated rings. The zero-order valence-corrected chi connectivity index (χ0v) is 15.4. The van der Waals surface area contributed by atoms with E-state index in [1.807, 2.05) is 36.5 Å². The summed E-state index contributed by atoms with van der Waals surface area (Å²) < 4.78 is 3.58. The van der Waals surface area contributed by atoms with E-state index in [-0.39, 0.29) is 6.42 Å². The Morgan fingerprint density at radius 3 is 2.62 bits per heavy atom. The second-order valence-corrected chi connectivity index (χ2v) is 7.17. The number of hydrogen-bond donors (Lipinski definition) is 2. The lowest BCUT2D eigenvalue weighted by Crippen LogP contribution is -2.35. The van der Waals surface area contributed by atoms with E-state index in [9.17, 15) is 4.79 Å². The number of hydrogen-bond acceptors (Lipinski definition) is 3. The Labute approximate surface area is 157 Å². The molecule has 0 radical (unpaired) electrons. The first-order valence-electron chi connectivity index (χ1n) is 8.85. The quantitative estimate of drug-likeness (QED) is 0.417. The predicted molar refractivity (Wildman–Crippen MR) is 107 cm³/mol. The summed E-state index contributed by atoms with van der Waals surface area (Å²) in [5.74, 6) is -0.714. The number of nitrogens with zero attached hydrogens (tertiary/aromatic N) is 1. The number of carboxylic acid groups (broad SMARTS) is 1. The Bertz CT molecular complexity index is 887. The van der Waals surface area contributed by atoms with E-state index in [2.05, 4.69) is 40.2 Å². The molecule has 0 bridgehead atoms. The van der Waals surface area contributed by atoms with E-state index >= 15 is 0 Å². The molecule has 1 aromatic heterocycles. The van der Waals surface area contributed by atoms with Gasteiger partial charge < -0.3 is 10.4 Å². The van der Waals surface area contributed by atoms with Gasteiger partial charge in [-0.2, -0.15) is 4.57 Å². The monoisotopic (exact) mass is 367 g/mol. The fourth-order valence-corrected chi connectivity index (χ4v) is 3.96. The molecule has 3 rings (SSSR count). The number of rotatable bonds is 9. The molecular weight excluding hydrogens is 344 g/mol. The van der Waals surface area contributed by atoms with Gasteiger partial charge in [0.05, 0.1) is 0 Å². The molecule has 0 amide bonds. The van der Waals surface area contributed by atoms with Gasteiger partial charge in [0, 0.05) is 36.9 Å². The maximum Gasteiger partial charge on any atom is 0.303 e. The van der Waals surface area contributed by atoms with E-state index in [4.69, 9.17) is 5.11 Å². The molecule has 0 aliphatic heterocycles. The highest BCUT2D eigenvalue weighted by Gasteiger charge is 2.17. The molecule has 2 aromatic carbocycles. The number of anilines is 1. The molecule has 0 unspecified atom stereocenters. The second kappa shape index (κ2) is 9.15. The van der Waals surface area contributed by atoms with Crippen LogP contribution in [0.1, 0.15) is 30.7 Å². The van der Waals surface area contributed by atoms with Crippen LogP contribution in [0.5, 0.6) is 0 Å². The highest BCUT2D eigenvalue weighted by molar-refractivity contribution is 7.18. The van der Waals surface area contributed by atoms with Crippen LogP contribution in [-0.2, 0) is 11.3 Å². The zero-order valence-electron chi connectivity index (χ0n) is 14.6. The van der Waals surface area contributed by atoms with Gasteiger partial charge in [0.25, 0.3) is 5.01 Å². The second-order valence-electron chi connectivity index (χ2n) is 6.11. The topological polar surface area (TPSA) is 53.2 Å². The van der Waals surface area contributed by atoms with Gasteiger partial charge in [-0.1, -0.05) is 41.7 Å². The van der Waals surface area contributed by atoms with Crippen LogP contribution in [0.3, 0.4) is 0 Å².